The molecule has 7 heteroatoms. The van der Waals surface area contributed by atoms with Gasteiger partial charge < -0.3 is 5.32 Å². The molecule has 0 unspecified atom stereocenters. The SMILES string of the molecule is CC(C)CNC(=O)c1ccccc1NS(=O)(=O)c1ccc(C#N)cc1. The summed E-state index contributed by atoms with van der Waals surface area (Å²) in [5.41, 5.74) is 0.820. The summed E-state index contributed by atoms with van der Waals surface area (Å²) in [6.07, 6.45) is 0. The van der Waals surface area contributed by atoms with Crippen LogP contribution in [-0.2, 0) is 10.0 Å². The molecule has 6 nitrogen and oxygen atoms in total. The first-order valence-corrected chi connectivity index (χ1v) is 9.22. The predicted octanol–water partition coefficient (Wildman–Crippen LogP) is 2.74. The molecule has 2 aromatic carbocycles. The lowest BCUT2D eigenvalue weighted by molar-refractivity contribution is 0.0950. The van der Waals surface area contributed by atoms with Crippen LogP contribution in [0, 0.1) is 17.2 Å². The summed E-state index contributed by atoms with van der Waals surface area (Å²) in [5, 5.41) is 11.6. The van der Waals surface area contributed by atoms with Crippen molar-refractivity contribution in [3.8, 4) is 6.07 Å². The Labute approximate surface area is 147 Å². The van der Waals surface area contributed by atoms with Gasteiger partial charge in [-0.25, -0.2) is 8.42 Å². The Kier molecular flexibility index (Phi) is 5.78. The van der Waals surface area contributed by atoms with Gasteiger partial charge in [0.1, 0.15) is 0 Å². The van der Waals surface area contributed by atoms with Gasteiger partial charge in [-0.05, 0) is 42.3 Å². The molecule has 0 aliphatic rings. The fourth-order valence-electron chi connectivity index (χ4n) is 2.07. The molecule has 2 N–H and O–H groups in total. The number of hydrogen-bond donors (Lipinski definition) is 2. The predicted molar refractivity (Wildman–Crippen MR) is 95.6 cm³/mol. The smallest absolute Gasteiger partial charge is 0.261 e. The summed E-state index contributed by atoms with van der Waals surface area (Å²) in [6.45, 7) is 4.44. The van der Waals surface area contributed by atoms with E-state index in [2.05, 4.69) is 10.0 Å². The molecule has 0 radical (unpaired) electrons. The molecule has 130 valence electrons. The minimum Gasteiger partial charge on any atom is -0.352 e. The number of benzene rings is 2. The Balaban J connectivity index is 2.27. The van der Waals surface area contributed by atoms with Crippen LogP contribution in [0.5, 0.6) is 0 Å². The summed E-state index contributed by atoms with van der Waals surface area (Å²) in [7, 11) is -3.87. The van der Waals surface area contributed by atoms with Crippen molar-refractivity contribution in [2.45, 2.75) is 18.7 Å². The molecular formula is C18H19N3O3S. The quantitative estimate of drug-likeness (QED) is 0.830. The van der Waals surface area contributed by atoms with Crippen LogP contribution in [0.2, 0.25) is 0 Å². The van der Waals surface area contributed by atoms with Crippen molar-refractivity contribution in [2.24, 2.45) is 5.92 Å². The van der Waals surface area contributed by atoms with Crippen LogP contribution in [-0.4, -0.2) is 20.9 Å². The zero-order valence-corrected chi connectivity index (χ0v) is 14.8. The van der Waals surface area contributed by atoms with Gasteiger partial charge in [-0.15, -0.1) is 0 Å². The van der Waals surface area contributed by atoms with Crippen LogP contribution in [0.4, 0.5) is 5.69 Å². The van der Waals surface area contributed by atoms with Crippen molar-refractivity contribution < 1.29 is 13.2 Å². The second-order valence-electron chi connectivity index (χ2n) is 5.89. The van der Waals surface area contributed by atoms with E-state index in [1.54, 1.807) is 18.2 Å². The molecule has 0 aliphatic heterocycles. The average Bonchev–Trinajstić information content (AvgIpc) is 2.60. The Morgan fingerprint density at radius 1 is 1.12 bits per heavy atom. The first-order valence-electron chi connectivity index (χ1n) is 7.73. The van der Waals surface area contributed by atoms with Crippen LogP contribution in [0.15, 0.2) is 53.4 Å². The lowest BCUT2D eigenvalue weighted by Crippen LogP contribution is -2.28. The third-order valence-electron chi connectivity index (χ3n) is 3.38. The van der Waals surface area contributed by atoms with Crippen LogP contribution in [0.3, 0.4) is 0 Å². The van der Waals surface area contributed by atoms with Gasteiger partial charge in [0.15, 0.2) is 0 Å². The van der Waals surface area contributed by atoms with Crippen molar-refractivity contribution in [1.29, 1.82) is 5.26 Å². The highest BCUT2D eigenvalue weighted by atomic mass is 32.2. The second kappa shape index (κ2) is 7.81. The van der Waals surface area contributed by atoms with E-state index in [0.29, 0.717) is 12.1 Å². The van der Waals surface area contributed by atoms with Gasteiger partial charge >= 0.3 is 0 Å². The zero-order valence-electron chi connectivity index (χ0n) is 14.0. The highest BCUT2D eigenvalue weighted by Crippen LogP contribution is 2.20. The first-order chi connectivity index (χ1) is 11.8. The molecule has 0 saturated heterocycles. The number of nitrogens with zero attached hydrogens (tertiary/aromatic N) is 1. The van der Waals surface area contributed by atoms with Crippen LogP contribution in [0.25, 0.3) is 0 Å². The highest BCUT2D eigenvalue weighted by molar-refractivity contribution is 7.92. The monoisotopic (exact) mass is 357 g/mol. The maximum Gasteiger partial charge on any atom is 0.261 e. The Hall–Kier alpha value is -2.85. The number of sulfonamides is 1. The minimum atomic E-state index is -3.87. The van der Waals surface area contributed by atoms with Gasteiger partial charge in [0.25, 0.3) is 15.9 Å². The maximum atomic E-state index is 12.5. The Morgan fingerprint density at radius 3 is 2.36 bits per heavy atom. The second-order valence-corrected chi connectivity index (χ2v) is 7.57. The van der Waals surface area contributed by atoms with Crippen molar-refractivity contribution in [3.05, 3.63) is 59.7 Å². The van der Waals surface area contributed by atoms with Crippen molar-refractivity contribution in [2.75, 3.05) is 11.3 Å². The van der Waals surface area contributed by atoms with E-state index in [-0.39, 0.29) is 28.0 Å². The number of hydrogen-bond acceptors (Lipinski definition) is 4. The van der Waals surface area contributed by atoms with Gasteiger partial charge in [-0.1, -0.05) is 26.0 Å². The summed E-state index contributed by atoms with van der Waals surface area (Å²) in [4.78, 5) is 12.3. The number of anilines is 1. The van der Waals surface area contributed by atoms with E-state index in [0.717, 1.165) is 0 Å². The molecule has 0 bridgehead atoms. The number of para-hydroxylation sites is 1. The summed E-state index contributed by atoms with van der Waals surface area (Å²) < 4.78 is 27.5. The first kappa shape index (κ1) is 18.5. The molecule has 0 aliphatic carbocycles. The number of nitrogens with one attached hydrogen (secondary N) is 2. The molecule has 0 spiro atoms. The van der Waals surface area contributed by atoms with Crippen LogP contribution >= 0.6 is 0 Å². The standard InChI is InChI=1S/C18H19N3O3S/c1-13(2)12-20-18(22)16-5-3-4-6-17(16)21-25(23,24)15-9-7-14(11-19)8-10-15/h3-10,13,21H,12H2,1-2H3,(H,20,22). The summed E-state index contributed by atoms with van der Waals surface area (Å²) >= 11 is 0. The van der Waals surface area contributed by atoms with E-state index in [9.17, 15) is 13.2 Å². The molecule has 0 aromatic heterocycles. The Morgan fingerprint density at radius 2 is 1.76 bits per heavy atom. The molecule has 0 heterocycles. The fraction of sp³-hybridized carbons (Fsp3) is 0.222. The number of carbonyl (C=O) groups is 1. The molecular weight excluding hydrogens is 338 g/mol. The van der Waals surface area contributed by atoms with Gasteiger partial charge in [0.2, 0.25) is 0 Å². The van der Waals surface area contributed by atoms with E-state index >= 15 is 0 Å². The average molecular weight is 357 g/mol. The van der Waals surface area contributed by atoms with Crippen molar-refractivity contribution in [3.63, 3.8) is 0 Å². The summed E-state index contributed by atoms with van der Waals surface area (Å²) in [6, 6.07) is 13.9. The van der Waals surface area contributed by atoms with Gasteiger partial charge in [-0.3, -0.25) is 9.52 Å². The normalized spacial score (nSPS) is 11.0. The topological polar surface area (TPSA) is 99.1 Å². The van der Waals surface area contributed by atoms with E-state index < -0.39 is 10.0 Å². The third kappa shape index (κ3) is 4.81. The summed E-state index contributed by atoms with van der Waals surface area (Å²) in [5.74, 6) is -0.0571. The lowest BCUT2D eigenvalue weighted by Gasteiger charge is -2.13. The fourth-order valence-corrected chi connectivity index (χ4v) is 3.15. The number of rotatable bonds is 6. The zero-order chi connectivity index (χ0) is 18.4. The lowest BCUT2D eigenvalue weighted by atomic mass is 10.1. The minimum absolute atomic E-state index is 0.0175. The van der Waals surface area contributed by atoms with Crippen molar-refractivity contribution >= 4 is 21.6 Å². The molecule has 2 aromatic rings. The van der Waals surface area contributed by atoms with E-state index in [1.807, 2.05) is 19.9 Å². The molecule has 2 rings (SSSR count). The van der Waals surface area contributed by atoms with Gasteiger partial charge in [-0.2, -0.15) is 5.26 Å². The van der Waals surface area contributed by atoms with E-state index in [1.165, 1.54) is 30.3 Å². The molecule has 0 fully saturated rings. The molecule has 0 saturated carbocycles. The highest BCUT2D eigenvalue weighted by Gasteiger charge is 2.18. The molecule has 25 heavy (non-hydrogen) atoms. The molecule has 1 amide bonds. The van der Waals surface area contributed by atoms with Crippen molar-refractivity contribution in [1.82, 2.24) is 5.32 Å². The van der Waals surface area contributed by atoms with Crippen LogP contribution < -0.4 is 10.0 Å². The van der Waals surface area contributed by atoms with Gasteiger partial charge in [0, 0.05) is 6.54 Å². The van der Waals surface area contributed by atoms with E-state index in [4.69, 9.17) is 5.26 Å². The largest absolute Gasteiger partial charge is 0.352 e. The van der Waals surface area contributed by atoms with Crippen LogP contribution in [0.1, 0.15) is 29.8 Å². The maximum absolute atomic E-state index is 12.5. The number of nitriles is 1. The number of carbonyl (C=O) groups excluding carboxylic acids is 1. The van der Waals surface area contributed by atoms with Gasteiger partial charge in [0.05, 0.1) is 27.8 Å². The molecule has 0 atom stereocenters. The third-order valence-corrected chi connectivity index (χ3v) is 4.76. The number of amides is 1. The Bertz CT molecular complexity index is 898.